The van der Waals surface area contributed by atoms with Gasteiger partial charge in [0.05, 0.1) is 5.75 Å². The average molecular weight is 409 g/mol. The van der Waals surface area contributed by atoms with Crippen LogP contribution >= 0.6 is 27.7 Å². The molecule has 2 heterocycles. The van der Waals surface area contributed by atoms with E-state index in [1.807, 2.05) is 0 Å². The number of benzene rings is 1. The lowest BCUT2D eigenvalue weighted by Gasteiger charge is -2.00. The summed E-state index contributed by atoms with van der Waals surface area (Å²) in [7, 11) is 2.96. The number of hydrogen-bond donors (Lipinski definition) is 1. The minimum atomic E-state index is -0.443. The number of nitrogens with one attached hydrogen (secondary N) is 1. The summed E-state index contributed by atoms with van der Waals surface area (Å²) in [6, 6.07) is 7.09. The predicted molar refractivity (Wildman–Crippen MR) is 95.8 cm³/mol. The van der Waals surface area contributed by atoms with E-state index in [-0.39, 0.29) is 22.7 Å². The first kappa shape index (κ1) is 16.7. The maximum absolute atomic E-state index is 12.2. The molecule has 0 atom stereocenters. The Balaban J connectivity index is 1.86. The third-order valence-electron chi connectivity index (χ3n) is 3.58. The van der Waals surface area contributed by atoms with Crippen LogP contribution in [0.4, 0.5) is 0 Å². The molecule has 2 aromatic heterocycles. The molecule has 9 heteroatoms. The molecule has 1 N–H and O–H groups in total. The van der Waals surface area contributed by atoms with E-state index >= 15 is 0 Å². The lowest BCUT2D eigenvalue weighted by atomic mass is 10.2. The number of hydrogen-bond acceptors (Lipinski definition) is 5. The van der Waals surface area contributed by atoms with Gasteiger partial charge in [-0.25, -0.2) is 9.78 Å². The van der Waals surface area contributed by atoms with Crippen LogP contribution in [0.15, 0.2) is 43.5 Å². The molecule has 0 spiro atoms. The van der Waals surface area contributed by atoms with Gasteiger partial charge in [0.1, 0.15) is 0 Å². The number of carbonyl (C=O) groups excluding carboxylic acids is 1. The van der Waals surface area contributed by atoms with E-state index in [9.17, 15) is 14.4 Å². The van der Waals surface area contributed by atoms with Crippen molar-refractivity contribution in [3.63, 3.8) is 0 Å². The second-order valence-corrected chi connectivity index (χ2v) is 7.04. The van der Waals surface area contributed by atoms with Crippen LogP contribution < -0.4 is 11.2 Å². The van der Waals surface area contributed by atoms with E-state index < -0.39 is 11.2 Å². The van der Waals surface area contributed by atoms with Crippen LogP contribution in [0.2, 0.25) is 0 Å². The Kier molecular flexibility index (Phi) is 4.46. The second kappa shape index (κ2) is 6.40. The molecule has 0 bridgehead atoms. The van der Waals surface area contributed by atoms with E-state index in [0.717, 1.165) is 9.04 Å². The highest BCUT2D eigenvalue weighted by Crippen LogP contribution is 2.19. The van der Waals surface area contributed by atoms with Gasteiger partial charge >= 0.3 is 5.69 Å². The van der Waals surface area contributed by atoms with Gasteiger partial charge in [0, 0.05) is 24.1 Å². The zero-order chi connectivity index (χ0) is 17.4. The Hall–Kier alpha value is -2.13. The number of ketones is 1. The quantitative estimate of drug-likeness (QED) is 0.524. The smallest absolute Gasteiger partial charge is 0.327 e. The molecule has 0 aliphatic heterocycles. The van der Waals surface area contributed by atoms with Gasteiger partial charge in [0.25, 0.3) is 5.56 Å². The van der Waals surface area contributed by atoms with Crippen molar-refractivity contribution >= 4 is 44.6 Å². The number of imidazole rings is 1. The number of thioether (sulfide) groups is 1. The molecule has 3 rings (SSSR count). The number of halogens is 1. The highest BCUT2D eigenvalue weighted by molar-refractivity contribution is 9.10. The first-order valence-electron chi connectivity index (χ1n) is 6.96. The number of nitrogens with zero attached hydrogens (tertiary/aromatic N) is 3. The van der Waals surface area contributed by atoms with Gasteiger partial charge in [-0.15, -0.1) is 0 Å². The Labute approximate surface area is 148 Å². The molecule has 124 valence electrons. The lowest BCUT2D eigenvalue weighted by Crippen LogP contribution is -2.36. The van der Waals surface area contributed by atoms with Crippen molar-refractivity contribution < 1.29 is 4.79 Å². The molecule has 0 saturated carbocycles. The molecule has 0 aliphatic rings. The van der Waals surface area contributed by atoms with Crippen molar-refractivity contribution in [1.29, 1.82) is 0 Å². The monoisotopic (exact) mass is 408 g/mol. The van der Waals surface area contributed by atoms with Crippen LogP contribution in [0.3, 0.4) is 0 Å². The molecular formula is C15H13BrN4O3S. The third-order valence-corrected chi connectivity index (χ3v) is 4.98. The predicted octanol–water partition coefficient (Wildman–Crippen LogP) is 1.70. The van der Waals surface area contributed by atoms with Crippen molar-refractivity contribution in [2.75, 3.05) is 5.75 Å². The Morgan fingerprint density at radius 2 is 1.88 bits per heavy atom. The average Bonchev–Trinajstić information content (AvgIpc) is 3.01. The summed E-state index contributed by atoms with van der Waals surface area (Å²) >= 11 is 4.52. The Bertz CT molecular complexity index is 1050. The van der Waals surface area contributed by atoms with E-state index in [0.29, 0.717) is 10.7 Å². The third kappa shape index (κ3) is 2.96. The molecule has 1 aromatic carbocycles. The van der Waals surface area contributed by atoms with Crippen LogP contribution in [-0.2, 0) is 14.1 Å². The van der Waals surface area contributed by atoms with Crippen molar-refractivity contribution in [2.45, 2.75) is 5.16 Å². The summed E-state index contributed by atoms with van der Waals surface area (Å²) in [6.07, 6.45) is 0. The summed E-state index contributed by atoms with van der Waals surface area (Å²) in [5.74, 6) is 0.130. The van der Waals surface area contributed by atoms with Gasteiger partial charge in [-0.2, -0.15) is 0 Å². The van der Waals surface area contributed by atoms with Crippen LogP contribution in [0, 0.1) is 0 Å². The summed E-state index contributed by atoms with van der Waals surface area (Å²) in [4.78, 5) is 43.3. The molecule has 0 radical (unpaired) electrons. The molecule has 24 heavy (non-hydrogen) atoms. The number of aryl methyl sites for hydroxylation is 1. The summed E-state index contributed by atoms with van der Waals surface area (Å²) in [5.41, 5.74) is 0.248. The second-order valence-electron chi connectivity index (χ2n) is 5.17. The zero-order valence-corrected chi connectivity index (χ0v) is 15.3. The molecule has 0 amide bonds. The number of fused-ring (bicyclic) bond motifs is 1. The number of aromatic nitrogens is 4. The van der Waals surface area contributed by atoms with Gasteiger partial charge in [-0.1, -0.05) is 39.8 Å². The highest BCUT2D eigenvalue weighted by Gasteiger charge is 2.15. The standard InChI is InChI=1S/C15H13BrN4O3S/c1-19-12-11(13(22)20(2)15(19)23)17-14(18-12)24-7-10(21)8-3-5-9(16)6-4-8/h3-6H,7H2,1-2H3,(H,17,18). The van der Waals surface area contributed by atoms with Gasteiger partial charge < -0.3 is 4.98 Å². The van der Waals surface area contributed by atoms with Crippen LogP contribution in [0.25, 0.3) is 11.2 Å². The SMILES string of the molecule is Cn1c(=O)c2[nH]c(SCC(=O)c3ccc(Br)cc3)nc2n(C)c1=O. The lowest BCUT2D eigenvalue weighted by molar-refractivity contribution is 0.102. The van der Waals surface area contributed by atoms with Crippen molar-refractivity contribution in [3.8, 4) is 0 Å². The Morgan fingerprint density at radius 3 is 2.54 bits per heavy atom. The normalized spacial score (nSPS) is 11.1. The first-order valence-corrected chi connectivity index (χ1v) is 8.73. The molecule has 0 unspecified atom stereocenters. The van der Waals surface area contributed by atoms with Gasteiger partial charge in [0.15, 0.2) is 22.1 Å². The molecule has 0 fully saturated rings. The Morgan fingerprint density at radius 1 is 1.21 bits per heavy atom. The van der Waals surface area contributed by atoms with Crippen LogP contribution in [0.5, 0.6) is 0 Å². The van der Waals surface area contributed by atoms with E-state index in [1.54, 1.807) is 31.3 Å². The van der Waals surface area contributed by atoms with E-state index in [1.165, 1.54) is 23.4 Å². The summed E-state index contributed by atoms with van der Waals surface area (Å²) < 4.78 is 3.22. The number of Topliss-reactive ketones (excluding diaryl/α,β-unsaturated/α-hetero) is 1. The van der Waals surface area contributed by atoms with Gasteiger partial charge in [0.2, 0.25) is 0 Å². The van der Waals surface area contributed by atoms with Gasteiger partial charge in [-0.05, 0) is 12.1 Å². The fourth-order valence-corrected chi connectivity index (χ4v) is 3.25. The molecule has 3 aromatic rings. The fraction of sp³-hybridized carbons (Fsp3) is 0.200. The number of H-pyrrole nitrogens is 1. The fourth-order valence-electron chi connectivity index (χ4n) is 2.23. The van der Waals surface area contributed by atoms with Gasteiger partial charge in [-0.3, -0.25) is 18.7 Å². The molecule has 0 aliphatic carbocycles. The molecular weight excluding hydrogens is 396 g/mol. The van der Waals surface area contributed by atoms with Crippen molar-refractivity contribution in [3.05, 3.63) is 55.1 Å². The van der Waals surface area contributed by atoms with Crippen LogP contribution in [-0.4, -0.2) is 30.6 Å². The number of carbonyl (C=O) groups is 1. The van der Waals surface area contributed by atoms with Crippen molar-refractivity contribution in [2.24, 2.45) is 14.1 Å². The highest BCUT2D eigenvalue weighted by atomic mass is 79.9. The minimum Gasteiger partial charge on any atom is -0.327 e. The molecule has 0 saturated heterocycles. The minimum absolute atomic E-state index is 0.0465. The topological polar surface area (TPSA) is 89.8 Å². The number of rotatable bonds is 4. The zero-order valence-electron chi connectivity index (χ0n) is 12.9. The largest absolute Gasteiger partial charge is 0.332 e. The van der Waals surface area contributed by atoms with E-state index in [4.69, 9.17) is 0 Å². The molecule has 7 nitrogen and oxygen atoms in total. The maximum atomic E-state index is 12.2. The summed E-state index contributed by atoms with van der Waals surface area (Å²) in [5, 5.41) is 0.425. The number of aromatic amines is 1. The van der Waals surface area contributed by atoms with Crippen molar-refractivity contribution in [1.82, 2.24) is 19.1 Å². The summed E-state index contributed by atoms with van der Waals surface area (Å²) in [6.45, 7) is 0. The van der Waals surface area contributed by atoms with E-state index in [2.05, 4.69) is 25.9 Å². The van der Waals surface area contributed by atoms with Crippen LogP contribution in [0.1, 0.15) is 10.4 Å². The first-order chi connectivity index (χ1) is 11.4. The maximum Gasteiger partial charge on any atom is 0.332 e.